The molecule has 240 valence electrons. The van der Waals surface area contributed by atoms with Gasteiger partial charge in [-0.15, -0.1) is 0 Å². The van der Waals surface area contributed by atoms with Crippen LogP contribution in [0.15, 0.2) is 132 Å². The molecule has 5 rings (SSSR count). The van der Waals surface area contributed by atoms with Crippen molar-refractivity contribution < 1.29 is 0 Å². The second kappa shape index (κ2) is 14.8. The first-order chi connectivity index (χ1) is 22.0. The molecular formula is C40H52N4Si2. The van der Waals surface area contributed by atoms with Crippen LogP contribution in [0.25, 0.3) is 0 Å². The van der Waals surface area contributed by atoms with E-state index in [1.165, 1.54) is 33.7 Å². The Balaban J connectivity index is 1.60. The van der Waals surface area contributed by atoms with E-state index < -0.39 is 16.5 Å². The molecule has 0 radical (unpaired) electrons. The third-order valence-electron chi connectivity index (χ3n) is 8.83. The van der Waals surface area contributed by atoms with Gasteiger partial charge in [0.05, 0.1) is 13.1 Å². The van der Waals surface area contributed by atoms with Crippen molar-refractivity contribution in [3.05, 3.63) is 144 Å². The van der Waals surface area contributed by atoms with Gasteiger partial charge in [-0.25, -0.2) is 0 Å². The van der Waals surface area contributed by atoms with Gasteiger partial charge >= 0.3 is 0 Å². The normalized spacial score (nSPS) is 16.8. The van der Waals surface area contributed by atoms with E-state index in [4.69, 9.17) is 10.2 Å². The number of rotatable bonds is 12. The summed E-state index contributed by atoms with van der Waals surface area (Å²) >= 11 is 0. The summed E-state index contributed by atoms with van der Waals surface area (Å²) in [5.74, 6) is 0. The molecule has 0 amide bonds. The fourth-order valence-corrected chi connectivity index (χ4v) is 8.70. The predicted octanol–water partition coefficient (Wildman–Crippen LogP) is 10.0. The Hall–Kier alpha value is -3.75. The Kier molecular flexibility index (Phi) is 10.8. The van der Waals surface area contributed by atoms with E-state index in [9.17, 15) is 0 Å². The fourth-order valence-electron chi connectivity index (χ4n) is 6.50. The van der Waals surface area contributed by atoms with E-state index in [1.54, 1.807) is 0 Å². The SMILES string of the molecule is C[Si](C)(C)N(Cc1ccccc1)N=C1CC(=NN(Cc2ccccc2)[Si](C)(C)C)CC(Cc2ccccc2)(Cc2ccccc2)C1. The van der Waals surface area contributed by atoms with Crippen LogP contribution in [0.1, 0.15) is 41.5 Å². The molecule has 0 unspecified atom stereocenters. The summed E-state index contributed by atoms with van der Waals surface area (Å²) in [6.45, 7) is 16.1. The molecule has 1 aliphatic carbocycles. The van der Waals surface area contributed by atoms with Crippen LogP contribution in [0.4, 0.5) is 0 Å². The van der Waals surface area contributed by atoms with Crippen molar-refractivity contribution in [1.29, 1.82) is 0 Å². The van der Waals surface area contributed by atoms with Gasteiger partial charge in [-0.2, -0.15) is 10.2 Å². The highest BCUT2D eigenvalue weighted by atomic mass is 28.3. The molecule has 4 aromatic rings. The molecule has 0 bridgehead atoms. The standard InChI is InChI=1S/C40H52N4Si2/c1-45(2,3)43(32-36-23-15-9-16-24-36)41-38-27-39(42-44(46(4,5)6)33-37-25-17-10-18-26-37)31-40(30-38,28-34-19-11-7-12-20-34)29-35-21-13-8-14-22-35/h7-26H,27-33H2,1-6H3. The topological polar surface area (TPSA) is 31.2 Å². The highest BCUT2D eigenvalue weighted by Crippen LogP contribution is 2.41. The van der Waals surface area contributed by atoms with Gasteiger partial charge in [-0.05, 0) is 53.4 Å². The molecule has 0 spiro atoms. The summed E-state index contributed by atoms with van der Waals surface area (Å²) < 4.78 is 4.88. The molecule has 4 aromatic carbocycles. The van der Waals surface area contributed by atoms with Gasteiger partial charge in [0.2, 0.25) is 0 Å². The van der Waals surface area contributed by atoms with Gasteiger partial charge in [0.15, 0.2) is 16.5 Å². The summed E-state index contributed by atoms with van der Waals surface area (Å²) in [7, 11) is -3.56. The first kappa shape index (κ1) is 33.6. The van der Waals surface area contributed by atoms with Gasteiger partial charge < -0.3 is 9.35 Å². The Morgan fingerprint density at radius 1 is 0.478 bits per heavy atom. The highest BCUT2D eigenvalue weighted by Gasteiger charge is 2.39. The van der Waals surface area contributed by atoms with Crippen molar-refractivity contribution in [3.63, 3.8) is 0 Å². The van der Waals surface area contributed by atoms with Gasteiger partial charge in [-0.3, -0.25) is 0 Å². The molecule has 0 N–H and O–H groups in total. The maximum Gasteiger partial charge on any atom is 0.169 e. The first-order valence-corrected chi connectivity index (χ1v) is 23.7. The zero-order valence-corrected chi connectivity index (χ0v) is 30.8. The van der Waals surface area contributed by atoms with Crippen molar-refractivity contribution in [1.82, 2.24) is 9.35 Å². The molecule has 6 heteroatoms. The van der Waals surface area contributed by atoms with E-state index in [-0.39, 0.29) is 5.41 Å². The Morgan fingerprint density at radius 2 is 0.783 bits per heavy atom. The van der Waals surface area contributed by atoms with Crippen LogP contribution >= 0.6 is 0 Å². The lowest BCUT2D eigenvalue weighted by Crippen LogP contribution is -2.46. The molecule has 46 heavy (non-hydrogen) atoms. The van der Waals surface area contributed by atoms with Crippen molar-refractivity contribution in [2.75, 3.05) is 0 Å². The number of hydrazone groups is 2. The summed E-state index contributed by atoms with van der Waals surface area (Å²) in [5, 5.41) is 11.2. The molecule has 0 aromatic heterocycles. The lowest BCUT2D eigenvalue weighted by molar-refractivity contribution is 0.292. The number of hydrogen-bond donors (Lipinski definition) is 0. The van der Waals surface area contributed by atoms with E-state index in [0.29, 0.717) is 0 Å². The average molecular weight is 645 g/mol. The van der Waals surface area contributed by atoms with Crippen molar-refractivity contribution in [2.45, 2.75) is 84.5 Å². The summed E-state index contributed by atoms with van der Waals surface area (Å²) in [5.41, 5.74) is 7.91. The minimum atomic E-state index is -1.78. The van der Waals surface area contributed by atoms with Crippen LogP contribution < -0.4 is 0 Å². The van der Waals surface area contributed by atoms with Crippen LogP contribution in [0.2, 0.25) is 39.3 Å². The third kappa shape index (κ3) is 9.63. The van der Waals surface area contributed by atoms with E-state index in [2.05, 4.69) is 170 Å². The highest BCUT2D eigenvalue weighted by molar-refractivity contribution is 6.73. The van der Waals surface area contributed by atoms with Crippen molar-refractivity contribution >= 4 is 27.9 Å². The Labute approximate surface area is 280 Å². The summed E-state index contributed by atoms with van der Waals surface area (Å²) in [6, 6.07) is 43.8. The zero-order valence-electron chi connectivity index (χ0n) is 28.8. The van der Waals surface area contributed by atoms with Crippen LogP contribution in [-0.4, -0.2) is 37.2 Å². The smallest absolute Gasteiger partial charge is 0.169 e. The number of hydrogen-bond acceptors (Lipinski definition) is 4. The average Bonchev–Trinajstić information content (AvgIpc) is 3.01. The molecule has 1 saturated carbocycles. The van der Waals surface area contributed by atoms with Crippen LogP contribution in [-0.2, 0) is 25.9 Å². The van der Waals surface area contributed by atoms with Gasteiger partial charge in [0.1, 0.15) is 0 Å². The number of nitrogens with zero attached hydrogens (tertiary/aromatic N) is 4. The summed E-state index contributed by atoms with van der Waals surface area (Å²) in [4.78, 5) is 0. The van der Waals surface area contributed by atoms with E-state index >= 15 is 0 Å². The van der Waals surface area contributed by atoms with Gasteiger partial charge in [0.25, 0.3) is 0 Å². The van der Waals surface area contributed by atoms with Gasteiger partial charge in [-0.1, -0.05) is 161 Å². The summed E-state index contributed by atoms with van der Waals surface area (Å²) in [6.07, 6.45) is 4.77. The second-order valence-corrected chi connectivity index (χ2v) is 24.8. The second-order valence-electron chi connectivity index (χ2n) is 15.1. The number of benzene rings is 4. The lowest BCUT2D eigenvalue weighted by atomic mass is 9.66. The van der Waals surface area contributed by atoms with E-state index in [1.807, 2.05) is 0 Å². The fraction of sp³-hybridized carbons (Fsp3) is 0.350. The Morgan fingerprint density at radius 3 is 1.09 bits per heavy atom. The molecule has 0 heterocycles. The minimum Gasteiger partial charge on any atom is -0.320 e. The molecule has 0 aliphatic heterocycles. The van der Waals surface area contributed by atoms with Crippen molar-refractivity contribution in [2.24, 2.45) is 15.6 Å². The molecule has 1 aliphatic rings. The molecule has 1 fully saturated rings. The van der Waals surface area contributed by atoms with E-state index in [0.717, 1.165) is 45.2 Å². The molecule has 0 atom stereocenters. The van der Waals surface area contributed by atoms with Crippen LogP contribution in [0.3, 0.4) is 0 Å². The third-order valence-corrected chi connectivity index (χ3v) is 12.4. The quantitative estimate of drug-likeness (QED) is 0.114. The first-order valence-electron chi connectivity index (χ1n) is 16.8. The van der Waals surface area contributed by atoms with Crippen LogP contribution in [0.5, 0.6) is 0 Å². The van der Waals surface area contributed by atoms with Crippen molar-refractivity contribution in [3.8, 4) is 0 Å². The van der Waals surface area contributed by atoms with Crippen LogP contribution in [0, 0.1) is 5.41 Å². The maximum absolute atomic E-state index is 5.61. The lowest BCUT2D eigenvalue weighted by Gasteiger charge is -2.42. The monoisotopic (exact) mass is 644 g/mol. The maximum atomic E-state index is 5.61. The largest absolute Gasteiger partial charge is 0.320 e. The zero-order chi connectivity index (χ0) is 32.6. The Bertz CT molecular complexity index is 1450. The minimum absolute atomic E-state index is 0.0195. The molecular weight excluding hydrogens is 593 g/mol. The predicted molar refractivity (Wildman–Crippen MR) is 202 cm³/mol. The van der Waals surface area contributed by atoms with Gasteiger partial charge in [0, 0.05) is 17.8 Å². The molecule has 4 nitrogen and oxygen atoms in total. The molecule has 0 saturated heterocycles.